The maximum atomic E-state index is 12.9. The minimum absolute atomic E-state index is 0.0341. The van der Waals surface area contributed by atoms with Crippen LogP contribution in [0.5, 0.6) is 0 Å². The monoisotopic (exact) mass is 185 g/mol. The van der Waals surface area contributed by atoms with Crippen molar-refractivity contribution in [2.75, 3.05) is 0 Å². The standard InChI is InChI=1S/C9H9ClFN/c10-8-4-5(11)3-7-6(8)1-2-9(7)12/h3-4,9H,1-2,12H2/t9-/m1/s1. The zero-order chi connectivity index (χ0) is 8.72. The maximum Gasteiger partial charge on any atom is 0.125 e. The second kappa shape index (κ2) is 2.71. The van der Waals surface area contributed by atoms with Crippen LogP contribution in [0.1, 0.15) is 23.6 Å². The number of nitrogens with two attached hydrogens (primary N) is 1. The van der Waals surface area contributed by atoms with Crippen LogP contribution in [0.25, 0.3) is 0 Å². The Hall–Kier alpha value is -0.600. The summed E-state index contributed by atoms with van der Waals surface area (Å²) in [6, 6.07) is 2.80. The van der Waals surface area contributed by atoms with Crippen LogP contribution in [0.2, 0.25) is 5.02 Å². The fourth-order valence-electron chi connectivity index (χ4n) is 1.67. The highest BCUT2D eigenvalue weighted by molar-refractivity contribution is 6.31. The molecule has 3 heteroatoms. The molecule has 0 unspecified atom stereocenters. The summed E-state index contributed by atoms with van der Waals surface area (Å²) in [5.74, 6) is -0.295. The highest BCUT2D eigenvalue weighted by Gasteiger charge is 2.21. The van der Waals surface area contributed by atoms with Crippen LogP contribution in [0.15, 0.2) is 12.1 Å². The molecule has 0 spiro atoms. The molecule has 1 aromatic carbocycles. The van der Waals surface area contributed by atoms with Crippen molar-refractivity contribution in [3.63, 3.8) is 0 Å². The minimum Gasteiger partial charge on any atom is -0.324 e. The molecule has 1 nitrogen and oxygen atoms in total. The van der Waals surface area contributed by atoms with E-state index in [0.717, 1.165) is 24.0 Å². The van der Waals surface area contributed by atoms with E-state index < -0.39 is 0 Å². The normalized spacial score (nSPS) is 21.1. The Morgan fingerprint density at radius 2 is 2.25 bits per heavy atom. The van der Waals surface area contributed by atoms with E-state index in [4.69, 9.17) is 17.3 Å². The first kappa shape index (κ1) is 8.02. The number of hydrogen-bond acceptors (Lipinski definition) is 1. The average molecular weight is 186 g/mol. The molecule has 2 rings (SSSR count). The molecule has 1 aliphatic rings. The number of benzene rings is 1. The smallest absolute Gasteiger partial charge is 0.125 e. The molecule has 1 atom stereocenters. The van der Waals surface area contributed by atoms with Crippen molar-refractivity contribution in [1.29, 1.82) is 0 Å². The molecule has 1 aromatic rings. The molecule has 0 saturated heterocycles. The molecule has 0 amide bonds. The summed E-state index contributed by atoms with van der Waals surface area (Å²) in [5, 5.41) is 0.512. The van der Waals surface area contributed by atoms with Gasteiger partial charge in [-0.1, -0.05) is 11.6 Å². The summed E-state index contributed by atoms with van der Waals surface area (Å²) in [6.07, 6.45) is 1.74. The molecular formula is C9H9ClFN. The van der Waals surface area contributed by atoms with E-state index >= 15 is 0 Å². The summed E-state index contributed by atoms with van der Waals surface area (Å²) in [5.41, 5.74) is 7.65. The lowest BCUT2D eigenvalue weighted by atomic mass is 10.1. The van der Waals surface area contributed by atoms with E-state index in [2.05, 4.69) is 0 Å². The second-order valence-corrected chi connectivity index (χ2v) is 3.51. The van der Waals surface area contributed by atoms with Gasteiger partial charge in [-0.25, -0.2) is 4.39 Å². The number of fused-ring (bicyclic) bond motifs is 1. The molecule has 0 bridgehead atoms. The summed E-state index contributed by atoms with van der Waals surface area (Å²) in [6.45, 7) is 0. The van der Waals surface area contributed by atoms with Crippen LogP contribution < -0.4 is 5.73 Å². The van der Waals surface area contributed by atoms with E-state index in [1.54, 1.807) is 0 Å². The lowest BCUT2D eigenvalue weighted by Gasteiger charge is -2.05. The second-order valence-electron chi connectivity index (χ2n) is 3.10. The quantitative estimate of drug-likeness (QED) is 0.660. The van der Waals surface area contributed by atoms with Crippen molar-refractivity contribution in [3.05, 3.63) is 34.1 Å². The molecular weight excluding hydrogens is 177 g/mol. The van der Waals surface area contributed by atoms with Gasteiger partial charge in [0, 0.05) is 11.1 Å². The topological polar surface area (TPSA) is 26.0 Å². The van der Waals surface area contributed by atoms with Gasteiger partial charge >= 0.3 is 0 Å². The van der Waals surface area contributed by atoms with Crippen LogP contribution in [0.3, 0.4) is 0 Å². The Morgan fingerprint density at radius 3 is 3.00 bits per heavy atom. The molecule has 2 N–H and O–H groups in total. The van der Waals surface area contributed by atoms with Gasteiger partial charge in [-0.15, -0.1) is 0 Å². The van der Waals surface area contributed by atoms with Gasteiger partial charge in [0.05, 0.1) is 0 Å². The SMILES string of the molecule is N[C@@H]1CCc2c(Cl)cc(F)cc21. The van der Waals surface area contributed by atoms with E-state index in [-0.39, 0.29) is 11.9 Å². The van der Waals surface area contributed by atoms with Crippen LogP contribution >= 0.6 is 11.6 Å². The van der Waals surface area contributed by atoms with Crippen molar-refractivity contribution < 1.29 is 4.39 Å². The molecule has 0 aliphatic heterocycles. The zero-order valence-electron chi connectivity index (χ0n) is 6.48. The minimum atomic E-state index is -0.295. The van der Waals surface area contributed by atoms with Gasteiger partial charge in [-0.2, -0.15) is 0 Å². The van der Waals surface area contributed by atoms with Crippen LogP contribution in [-0.2, 0) is 6.42 Å². The predicted molar refractivity (Wildman–Crippen MR) is 46.7 cm³/mol. The third-order valence-electron chi connectivity index (χ3n) is 2.30. The Morgan fingerprint density at radius 1 is 1.50 bits per heavy atom. The Kier molecular flexibility index (Phi) is 1.81. The fourth-order valence-corrected chi connectivity index (χ4v) is 1.98. The van der Waals surface area contributed by atoms with Gasteiger partial charge in [0.2, 0.25) is 0 Å². The largest absolute Gasteiger partial charge is 0.324 e. The summed E-state index contributed by atoms with van der Waals surface area (Å²) in [7, 11) is 0. The van der Waals surface area contributed by atoms with E-state index in [1.807, 2.05) is 0 Å². The van der Waals surface area contributed by atoms with Crippen molar-refractivity contribution >= 4 is 11.6 Å². The molecule has 0 aromatic heterocycles. The van der Waals surface area contributed by atoms with Gasteiger partial charge in [-0.05, 0) is 36.1 Å². The van der Waals surface area contributed by atoms with E-state index in [9.17, 15) is 4.39 Å². The summed E-state index contributed by atoms with van der Waals surface area (Å²) in [4.78, 5) is 0. The Balaban J connectivity index is 2.60. The van der Waals surface area contributed by atoms with Crippen molar-refractivity contribution in [2.24, 2.45) is 5.73 Å². The molecule has 1 aliphatic carbocycles. The zero-order valence-corrected chi connectivity index (χ0v) is 7.24. The molecule has 0 saturated carbocycles. The molecule has 0 radical (unpaired) electrons. The number of hydrogen-bond donors (Lipinski definition) is 1. The lowest BCUT2D eigenvalue weighted by Crippen LogP contribution is -2.05. The van der Waals surface area contributed by atoms with E-state index in [0.29, 0.717) is 5.02 Å². The van der Waals surface area contributed by atoms with Crippen molar-refractivity contribution in [1.82, 2.24) is 0 Å². The molecule has 64 valence electrons. The third-order valence-corrected chi connectivity index (χ3v) is 2.64. The van der Waals surface area contributed by atoms with Gasteiger partial charge in [-0.3, -0.25) is 0 Å². The summed E-state index contributed by atoms with van der Waals surface area (Å²) < 4.78 is 12.9. The fraction of sp³-hybridized carbons (Fsp3) is 0.333. The molecule has 0 fully saturated rings. The predicted octanol–water partition coefficient (Wildman–Crippen LogP) is 2.43. The van der Waals surface area contributed by atoms with Crippen molar-refractivity contribution in [3.8, 4) is 0 Å². The Labute approximate surface area is 75.3 Å². The molecule has 0 heterocycles. The Bertz CT molecular complexity index is 325. The lowest BCUT2D eigenvalue weighted by molar-refractivity contribution is 0.622. The van der Waals surface area contributed by atoms with Gasteiger partial charge in [0.1, 0.15) is 5.82 Å². The van der Waals surface area contributed by atoms with Crippen LogP contribution in [0, 0.1) is 5.82 Å². The first-order valence-electron chi connectivity index (χ1n) is 3.92. The first-order valence-corrected chi connectivity index (χ1v) is 4.29. The molecule has 12 heavy (non-hydrogen) atoms. The van der Waals surface area contributed by atoms with Crippen molar-refractivity contribution in [2.45, 2.75) is 18.9 Å². The highest BCUT2D eigenvalue weighted by Crippen LogP contribution is 2.34. The van der Waals surface area contributed by atoms with Crippen LogP contribution in [-0.4, -0.2) is 0 Å². The third kappa shape index (κ3) is 1.11. The van der Waals surface area contributed by atoms with Gasteiger partial charge in [0.15, 0.2) is 0 Å². The number of halogens is 2. The van der Waals surface area contributed by atoms with Gasteiger partial charge < -0.3 is 5.73 Å². The first-order chi connectivity index (χ1) is 5.68. The maximum absolute atomic E-state index is 12.9. The van der Waals surface area contributed by atoms with Crippen LogP contribution in [0.4, 0.5) is 4.39 Å². The van der Waals surface area contributed by atoms with Gasteiger partial charge in [0.25, 0.3) is 0 Å². The summed E-state index contributed by atoms with van der Waals surface area (Å²) >= 11 is 5.84. The average Bonchev–Trinajstić information content (AvgIpc) is 2.33. The highest BCUT2D eigenvalue weighted by atomic mass is 35.5. The van der Waals surface area contributed by atoms with E-state index in [1.165, 1.54) is 12.1 Å². The number of rotatable bonds is 0.